The summed E-state index contributed by atoms with van der Waals surface area (Å²) in [7, 11) is 5.94. The lowest BCUT2D eigenvalue weighted by molar-refractivity contribution is -0.890. The Bertz CT molecular complexity index is 1920. The summed E-state index contributed by atoms with van der Waals surface area (Å²) in [5.74, 6) is 1.74. The molecule has 236 valence electrons. The van der Waals surface area contributed by atoms with Gasteiger partial charge in [-0.2, -0.15) is 0 Å². The third-order valence-corrected chi connectivity index (χ3v) is 8.97. The van der Waals surface area contributed by atoms with Crippen LogP contribution in [0.1, 0.15) is 18.9 Å². The van der Waals surface area contributed by atoms with E-state index in [0.717, 1.165) is 28.9 Å². The summed E-state index contributed by atoms with van der Waals surface area (Å²) >= 11 is 1.21. The van der Waals surface area contributed by atoms with Gasteiger partial charge in [0, 0.05) is 11.8 Å². The fourth-order valence-corrected chi connectivity index (χ4v) is 6.15. The topological polar surface area (TPSA) is 122 Å². The van der Waals surface area contributed by atoms with Gasteiger partial charge in [0.1, 0.15) is 23.6 Å². The van der Waals surface area contributed by atoms with E-state index in [0.29, 0.717) is 48.4 Å². The van der Waals surface area contributed by atoms with E-state index in [1.165, 1.54) is 17.8 Å². The lowest BCUT2D eigenvalue weighted by Crippen LogP contribution is -3.00. The van der Waals surface area contributed by atoms with Crippen LogP contribution in [0, 0.1) is 5.82 Å². The van der Waals surface area contributed by atoms with E-state index >= 15 is 4.39 Å². The number of benzene rings is 2. The van der Waals surface area contributed by atoms with E-state index in [9.17, 15) is 4.79 Å². The zero-order chi connectivity index (χ0) is 30.6. The van der Waals surface area contributed by atoms with Crippen LogP contribution in [-0.4, -0.2) is 83.4 Å². The highest BCUT2D eigenvalue weighted by molar-refractivity contribution is 7.98. The number of ether oxygens (including phenoxy) is 2. The fraction of sp³-hybridized carbons (Fsp3) is 0.367. The summed E-state index contributed by atoms with van der Waals surface area (Å²) in [5.41, 5.74) is 1.54. The molecule has 3 aromatic heterocycles. The first-order valence-corrected chi connectivity index (χ1v) is 15.2. The van der Waals surface area contributed by atoms with E-state index in [1.54, 1.807) is 13.3 Å². The molecule has 1 saturated heterocycles. The van der Waals surface area contributed by atoms with E-state index in [-0.39, 0.29) is 57.8 Å². The van der Waals surface area contributed by atoms with Crippen molar-refractivity contribution in [2.45, 2.75) is 23.9 Å². The Morgan fingerprint density at radius 3 is 2.53 bits per heavy atom. The number of nitrogens with zero attached hydrogens (tertiary/aromatic N) is 7. The van der Waals surface area contributed by atoms with Gasteiger partial charge in [0.05, 0.1) is 70.1 Å². The lowest BCUT2D eigenvalue weighted by Gasteiger charge is -2.41. The molecule has 0 N–H and O–H groups in total. The predicted molar refractivity (Wildman–Crippen MR) is 162 cm³/mol. The molecule has 0 amide bonds. The van der Waals surface area contributed by atoms with Gasteiger partial charge in [-0.3, -0.25) is 4.79 Å². The van der Waals surface area contributed by atoms with Crippen LogP contribution in [0.3, 0.4) is 0 Å². The van der Waals surface area contributed by atoms with Crippen molar-refractivity contribution in [1.29, 1.82) is 0 Å². The number of thioether (sulfide) groups is 1. The highest BCUT2D eigenvalue weighted by Crippen LogP contribution is 2.43. The number of likely N-dealkylation sites (N-methyl/N-ethyl adjacent to an activating group) is 1. The molecule has 0 radical (unpaired) electrons. The monoisotopic (exact) mass is 747 g/mol. The Hall–Kier alpha value is -3.70. The van der Waals surface area contributed by atoms with Crippen LogP contribution >= 0.6 is 11.8 Å². The molecule has 2 aliphatic heterocycles. The number of rotatable bonds is 7. The van der Waals surface area contributed by atoms with E-state index in [2.05, 4.69) is 34.5 Å². The van der Waals surface area contributed by atoms with Crippen LogP contribution in [0.5, 0.6) is 11.5 Å². The average molecular weight is 748 g/mol. The SMILES string of the molecule is COc1ccc(-c2nnc(CSc3nnc(-c4cn5c6c(c(N7CC[N+](C)(C)CC7)c(F)cc6c4=O)OC[C@@H]5C)o3)o2)cc1.[I-]. The van der Waals surface area contributed by atoms with Crippen LogP contribution in [0.2, 0.25) is 0 Å². The predicted octanol–water partition coefficient (Wildman–Crippen LogP) is 1.40. The van der Waals surface area contributed by atoms with Gasteiger partial charge in [-0.05, 0) is 37.3 Å². The molecule has 0 aliphatic carbocycles. The molecule has 15 heteroatoms. The maximum absolute atomic E-state index is 15.8. The fourth-order valence-electron chi connectivity index (χ4n) is 5.55. The van der Waals surface area contributed by atoms with E-state index in [1.807, 2.05) is 40.7 Å². The Morgan fingerprint density at radius 2 is 1.80 bits per heavy atom. The minimum Gasteiger partial charge on any atom is -1.00 e. The number of anilines is 1. The van der Waals surface area contributed by atoms with Crippen molar-refractivity contribution in [3.8, 4) is 34.4 Å². The van der Waals surface area contributed by atoms with Gasteiger partial charge >= 0.3 is 0 Å². The Balaban J connectivity index is 0.00000357. The molecule has 2 aromatic carbocycles. The zero-order valence-corrected chi connectivity index (χ0v) is 28.1. The molecule has 0 spiro atoms. The molecule has 2 aliphatic rings. The molecule has 1 fully saturated rings. The molecule has 12 nitrogen and oxygen atoms in total. The first kappa shape index (κ1) is 31.3. The highest BCUT2D eigenvalue weighted by Gasteiger charge is 2.33. The number of methoxy groups -OCH3 is 1. The van der Waals surface area contributed by atoms with Crippen molar-refractivity contribution in [2.75, 3.05) is 58.9 Å². The zero-order valence-electron chi connectivity index (χ0n) is 25.1. The molecule has 1 atom stereocenters. The molecule has 0 bridgehead atoms. The van der Waals surface area contributed by atoms with Crippen molar-refractivity contribution in [1.82, 2.24) is 25.0 Å². The summed E-state index contributed by atoms with van der Waals surface area (Å²) in [6.07, 6.45) is 1.71. The van der Waals surface area contributed by atoms with Gasteiger partial charge < -0.3 is 56.2 Å². The third kappa shape index (κ3) is 5.88. The summed E-state index contributed by atoms with van der Waals surface area (Å²) in [5, 5.41) is 16.9. The second-order valence-electron chi connectivity index (χ2n) is 11.6. The van der Waals surface area contributed by atoms with Gasteiger partial charge in [0.25, 0.3) is 11.1 Å². The number of piperazine rings is 1. The van der Waals surface area contributed by atoms with Crippen molar-refractivity contribution in [3.63, 3.8) is 0 Å². The Morgan fingerprint density at radius 1 is 1.07 bits per heavy atom. The summed E-state index contributed by atoms with van der Waals surface area (Å²) in [4.78, 5) is 15.8. The summed E-state index contributed by atoms with van der Waals surface area (Å²) < 4.78 is 41.6. The van der Waals surface area contributed by atoms with E-state index in [4.69, 9.17) is 18.3 Å². The normalized spacial score (nSPS) is 17.2. The molecule has 45 heavy (non-hydrogen) atoms. The van der Waals surface area contributed by atoms with Crippen LogP contribution in [0.4, 0.5) is 10.1 Å². The second-order valence-corrected chi connectivity index (χ2v) is 12.6. The second kappa shape index (κ2) is 12.2. The quantitative estimate of drug-likeness (QED) is 0.137. The van der Waals surface area contributed by atoms with Crippen LogP contribution in [0.15, 0.2) is 55.4 Å². The van der Waals surface area contributed by atoms with Crippen molar-refractivity contribution in [2.24, 2.45) is 0 Å². The van der Waals surface area contributed by atoms with Crippen molar-refractivity contribution >= 4 is 28.4 Å². The average Bonchev–Trinajstić information content (AvgIpc) is 3.69. The number of hydrogen-bond acceptors (Lipinski definition) is 11. The molecule has 7 rings (SSSR count). The smallest absolute Gasteiger partial charge is 0.277 e. The van der Waals surface area contributed by atoms with Crippen LogP contribution < -0.4 is 43.8 Å². The lowest BCUT2D eigenvalue weighted by atomic mass is 10.1. The highest BCUT2D eigenvalue weighted by atomic mass is 127. The Kier molecular flexibility index (Phi) is 8.51. The Labute approximate surface area is 279 Å². The minimum absolute atomic E-state index is 0. The molecule has 0 unspecified atom stereocenters. The maximum atomic E-state index is 15.8. The first-order valence-electron chi connectivity index (χ1n) is 14.3. The number of halogens is 2. The van der Waals surface area contributed by atoms with Crippen molar-refractivity contribution in [3.05, 3.63) is 58.5 Å². The largest absolute Gasteiger partial charge is 1.00 e. The molecular weight excluding hydrogens is 716 g/mol. The van der Waals surface area contributed by atoms with Gasteiger partial charge in [0.2, 0.25) is 17.2 Å². The van der Waals surface area contributed by atoms with Gasteiger partial charge in [-0.15, -0.1) is 20.4 Å². The van der Waals surface area contributed by atoms with E-state index < -0.39 is 11.2 Å². The van der Waals surface area contributed by atoms with Crippen molar-refractivity contribution < 1.29 is 51.2 Å². The van der Waals surface area contributed by atoms with Crippen LogP contribution in [-0.2, 0) is 5.75 Å². The third-order valence-electron chi connectivity index (χ3n) is 8.17. The number of pyridine rings is 1. The molecular formula is C30H31FIN7O5S. The molecule has 5 heterocycles. The van der Waals surface area contributed by atoms with Gasteiger partial charge in [-0.1, -0.05) is 11.8 Å². The standard InChI is InChI=1S/C30H31FN7O5S.HI/c1-17-15-41-27-24-20(13-22(31)25(27)36-9-11-38(2,3)12-10-36)26(39)21(14-37(17)24)29-34-35-30(43-29)44-16-23-32-33-28(42-23)18-5-7-19(40-4)8-6-18;/h5-8,13-14,17H,9-12,15-16H2,1-4H3;1H/q+1;/p-1/t17-;/m0./s1. The molecule has 0 saturated carbocycles. The minimum atomic E-state index is -0.481. The number of hydrogen-bond donors (Lipinski definition) is 0. The first-order chi connectivity index (χ1) is 21.2. The maximum Gasteiger partial charge on any atom is 0.277 e. The van der Waals surface area contributed by atoms with Gasteiger partial charge in [-0.25, -0.2) is 4.39 Å². The van der Waals surface area contributed by atoms with Crippen LogP contribution in [0.25, 0.3) is 33.8 Å². The summed E-state index contributed by atoms with van der Waals surface area (Å²) in [6.45, 7) is 5.47. The summed E-state index contributed by atoms with van der Waals surface area (Å²) in [6, 6.07) is 8.50. The molecule has 5 aromatic rings. The number of quaternary nitrogens is 1. The van der Waals surface area contributed by atoms with Gasteiger partial charge in [0.15, 0.2) is 11.6 Å². The number of aromatic nitrogens is 5.